The number of aromatic nitrogens is 1. The van der Waals surface area contributed by atoms with Gasteiger partial charge in [0.25, 0.3) is 0 Å². The van der Waals surface area contributed by atoms with Crippen LogP contribution in [-0.4, -0.2) is 4.98 Å². The SMILES string of the molecule is CC(C)(C)c1cc2ccc3c(-c4ccc(Cl)cc4)cc(-c4ccc(-c5ccccn5)cc4)c4ccc(c1)c2c34. The van der Waals surface area contributed by atoms with Crippen molar-refractivity contribution in [3.63, 3.8) is 0 Å². The van der Waals surface area contributed by atoms with Gasteiger partial charge in [0.15, 0.2) is 0 Å². The van der Waals surface area contributed by atoms with E-state index < -0.39 is 0 Å². The Morgan fingerprint density at radius 1 is 0.564 bits per heavy atom. The van der Waals surface area contributed by atoms with Crippen LogP contribution in [-0.2, 0) is 5.41 Å². The van der Waals surface area contributed by atoms with Gasteiger partial charge in [0.2, 0.25) is 0 Å². The average molecular weight is 522 g/mol. The molecule has 0 aliphatic heterocycles. The summed E-state index contributed by atoms with van der Waals surface area (Å²) in [6.07, 6.45) is 1.84. The lowest BCUT2D eigenvalue weighted by atomic mass is 9.81. The Labute approximate surface area is 234 Å². The van der Waals surface area contributed by atoms with Crippen LogP contribution in [0.25, 0.3) is 65.8 Å². The van der Waals surface area contributed by atoms with Gasteiger partial charge < -0.3 is 0 Å². The van der Waals surface area contributed by atoms with Gasteiger partial charge in [-0.05, 0) is 95.9 Å². The summed E-state index contributed by atoms with van der Waals surface area (Å²) in [5.74, 6) is 0. The average Bonchev–Trinajstić information content (AvgIpc) is 2.96. The van der Waals surface area contributed by atoms with Gasteiger partial charge in [0.1, 0.15) is 0 Å². The van der Waals surface area contributed by atoms with Crippen molar-refractivity contribution < 1.29 is 0 Å². The number of nitrogens with zero attached hydrogens (tertiary/aromatic N) is 1. The number of rotatable bonds is 3. The second kappa shape index (κ2) is 8.93. The first-order valence-electron chi connectivity index (χ1n) is 13.4. The maximum Gasteiger partial charge on any atom is 0.0701 e. The molecule has 0 atom stereocenters. The molecule has 7 aromatic rings. The first-order chi connectivity index (χ1) is 18.9. The van der Waals surface area contributed by atoms with Crippen LogP contribution in [0.3, 0.4) is 0 Å². The van der Waals surface area contributed by atoms with Gasteiger partial charge in [-0.25, -0.2) is 0 Å². The second-order valence-corrected chi connectivity index (χ2v) is 11.9. The standard InChI is InChI=1S/C37H28ClN/c1-37(2,3)28-20-26-13-17-30-32(23-7-9-25(10-8-23)34-6-4-5-19-39-34)22-33(24-11-15-29(38)16-12-24)31-18-14-27(21-28)35(26)36(30)31/h4-22H,1-3H3. The number of halogens is 1. The predicted molar refractivity (Wildman–Crippen MR) is 168 cm³/mol. The largest absolute Gasteiger partial charge is 0.256 e. The molecule has 1 heterocycles. The molecule has 0 amide bonds. The minimum atomic E-state index is 0.0828. The Balaban J connectivity index is 1.53. The highest BCUT2D eigenvalue weighted by Gasteiger charge is 2.20. The fourth-order valence-corrected chi connectivity index (χ4v) is 5.94. The van der Waals surface area contributed by atoms with Crippen molar-refractivity contribution in [2.24, 2.45) is 0 Å². The van der Waals surface area contributed by atoms with Gasteiger partial charge in [-0.1, -0.05) is 111 Å². The van der Waals surface area contributed by atoms with E-state index in [1.165, 1.54) is 60.1 Å². The van der Waals surface area contributed by atoms with Crippen LogP contribution in [0.2, 0.25) is 5.02 Å². The minimum absolute atomic E-state index is 0.0828. The summed E-state index contributed by atoms with van der Waals surface area (Å²) in [6, 6.07) is 39.3. The Bertz CT molecular complexity index is 1940. The molecule has 0 spiro atoms. The van der Waals surface area contributed by atoms with E-state index in [4.69, 9.17) is 11.6 Å². The van der Waals surface area contributed by atoms with Crippen LogP contribution in [0.15, 0.2) is 115 Å². The quantitative estimate of drug-likeness (QED) is 0.211. The van der Waals surface area contributed by atoms with E-state index in [9.17, 15) is 0 Å². The zero-order valence-corrected chi connectivity index (χ0v) is 23.1. The van der Waals surface area contributed by atoms with E-state index in [0.717, 1.165) is 16.3 Å². The van der Waals surface area contributed by atoms with Gasteiger partial charge in [-0.2, -0.15) is 0 Å². The Morgan fingerprint density at radius 2 is 1.13 bits per heavy atom. The van der Waals surface area contributed by atoms with Crippen LogP contribution in [0.5, 0.6) is 0 Å². The van der Waals surface area contributed by atoms with Crippen molar-refractivity contribution in [1.82, 2.24) is 4.98 Å². The molecule has 7 rings (SSSR count). The Morgan fingerprint density at radius 3 is 1.67 bits per heavy atom. The number of hydrogen-bond donors (Lipinski definition) is 0. The third-order valence-electron chi connectivity index (χ3n) is 7.89. The molecular formula is C37H28ClN. The van der Waals surface area contributed by atoms with E-state index >= 15 is 0 Å². The predicted octanol–water partition coefficient (Wildman–Crippen LogP) is 10.9. The first-order valence-corrected chi connectivity index (χ1v) is 13.8. The molecule has 1 aromatic heterocycles. The maximum atomic E-state index is 6.28. The summed E-state index contributed by atoms with van der Waals surface area (Å²) in [7, 11) is 0. The third-order valence-corrected chi connectivity index (χ3v) is 8.15. The van der Waals surface area contributed by atoms with E-state index in [1.54, 1.807) is 0 Å². The van der Waals surface area contributed by atoms with Crippen LogP contribution >= 0.6 is 11.6 Å². The van der Waals surface area contributed by atoms with E-state index in [2.05, 4.69) is 111 Å². The van der Waals surface area contributed by atoms with Crippen LogP contribution in [0.4, 0.5) is 0 Å². The minimum Gasteiger partial charge on any atom is -0.256 e. The molecule has 0 saturated heterocycles. The zero-order chi connectivity index (χ0) is 26.7. The highest BCUT2D eigenvalue weighted by atomic mass is 35.5. The fraction of sp³-hybridized carbons (Fsp3) is 0.108. The summed E-state index contributed by atoms with van der Waals surface area (Å²) >= 11 is 6.28. The van der Waals surface area contributed by atoms with Crippen molar-refractivity contribution in [3.05, 3.63) is 126 Å². The molecule has 0 radical (unpaired) electrons. The highest BCUT2D eigenvalue weighted by Crippen LogP contribution is 2.45. The molecule has 1 nitrogen and oxygen atoms in total. The Hall–Kier alpha value is -4.20. The van der Waals surface area contributed by atoms with Gasteiger partial charge in [-0.15, -0.1) is 0 Å². The van der Waals surface area contributed by atoms with Gasteiger partial charge in [0.05, 0.1) is 5.69 Å². The van der Waals surface area contributed by atoms with Crippen molar-refractivity contribution in [1.29, 1.82) is 0 Å². The molecule has 2 heteroatoms. The molecule has 39 heavy (non-hydrogen) atoms. The van der Waals surface area contributed by atoms with Crippen molar-refractivity contribution in [2.75, 3.05) is 0 Å². The molecule has 0 aliphatic carbocycles. The second-order valence-electron chi connectivity index (χ2n) is 11.4. The lowest BCUT2D eigenvalue weighted by molar-refractivity contribution is 0.591. The summed E-state index contributed by atoms with van der Waals surface area (Å²) < 4.78 is 0. The molecule has 6 aromatic carbocycles. The smallest absolute Gasteiger partial charge is 0.0701 e. The summed E-state index contributed by atoms with van der Waals surface area (Å²) in [4.78, 5) is 4.53. The molecular weight excluding hydrogens is 494 g/mol. The monoisotopic (exact) mass is 521 g/mol. The lowest BCUT2D eigenvalue weighted by Crippen LogP contribution is -2.10. The Kier molecular flexibility index (Phi) is 5.47. The molecule has 0 N–H and O–H groups in total. The summed E-state index contributed by atoms with van der Waals surface area (Å²) in [5.41, 5.74) is 8.35. The summed E-state index contributed by atoms with van der Waals surface area (Å²) in [6.45, 7) is 6.85. The van der Waals surface area contributed by atoms with Crippen molar-refractivity contribution in [2.45, 2.75) is 26.2 Å². The highest BCUT2D eigenvalue weighted by molar-refractivity contribution is 6.31. The number of pyridine rings is 1. The number of benzene rings is 6. The number of hydrogen-bond acceptors (Lipinski definition) is 1. The normalized spacial score (nSPS) is 12.1. The van der Waals surface area contributed by atoms with Crippen LogP contribution in [0, 0.1) is 0 Å². The maximum absolute atomic E-state index is 6.28. The van der Waals surface area contributed by atoms with E-state index in [1.807, 2.05) is 30.5 Å². The first kappa shape index (κ1) is 23.9. The summed E-state index contributed by atoms with van der Waals surface area (Å²) in [5, 5.41) is 8.52. The molecule has 0 bridgehead atoms. The van der Waals surface area contributed by atoms with Crippen LogP contribution in [0.1, 0.15) is 26.3 Å². The van der Waals surface area contributed by atoms with Gasteiger partial charge in [0, 0.05) is 16.8 Å². The third kappa shape index (κ3) is 4.06. The van der Waals surface area contributed by atoms with Gasteiger partial charge >= 0.3 is 0 Å². The van der Waals surface area contributed by atoms with E-state index in [0.29, 0.717) is 0 Å². The molecule has 0 fully saturated rings. The van der Waals surface area contributed by atoms with Gasteiger partial charge in [-0.3, -0.25) is 4.98 Å². The molecule has 188 valence electrons. The van der Waals surface area contributed by atoms with Crippen LogP contribution < -0.4 is 0 Å². The fourth-order valence-electron chi connectivity index (χ4n) is 5.81. The molecule has 0 saturated carbocycles. The molecule has 0 unspecified atom stereocenters. The van der Waals surface area contributed by atoms with E-state index in [-0.39, 0.29) is 5.41 Å². The molecule has 0 aliphatic rings. The van der Waals surface area contributed by atoms with Crippen molar-refractivity contribution >= 4 is 43.9 Å². The topological polar surface area (TPSA) is 12.9 Å². The lowest BCUT2D eigenvalue weighted by Gasteiger charge is -2.23. The van der Waals surface area contributed by atoms with Crippen molar-refractivity contribution in [3.8, 4) is 33.5 Å². The zero-order valence-electron chi connectivity index (χ0n) is 22.3.